The van der Waals surface area contributed by atoms with Crippen molar-refractivity contribution in [3.05, 3.63) is 0 Å². The first-order chi connectivity index (χ1) is 9.71. The van der Waals surface area contributed by atoms with Crippen molar-refractivity contribution in [2.45, 2.75) is 71.4 Å². The molecule has 5 nitrogen and oxygen atoms in total. The smallest absolute Gasteiger partial charge is 0.408 e. The maximum atomic E-state index is 12.0. The number of alkyl carbamates (subject to hydrolysis) is 1. The molecular formula is C16H30N2O3. The molecule has 1 aliphatic rings. The lowest BCUT2D eigenvalue weighted by Gasteiger charge is -2.29. The van der Waals surface area contributed by atoms with Gasteiger partial charge in [-0.1, -0.05) is 32.6 Å². The monoisotopic (exact) mass is 298 g/mol. The Morgan fingerprint density at radius 1 is 1.19 bits per heavy atom. The van der Waals surface area contributed by atoms with Crippen LogP contribution in [0.3, 0.4) is 0 Å². The van der Waals surface area contributed by atoms with Crippen LogP contribution in [0.5, 0.6) is 0 Å². The van der Waals surface area contributed by atoms with Gasteiger partial charge in [0.2, 0.25) is 5.91 Å². The number of hydrogen-bond donors (Lipinski definition) is 2. The first-order valence-corrected chi connectivity index (χ1v) is 7.92. The van der Waals surface area contributed by atoms with Crippen LogP contribution in [0.4, 0.5) is 4.79 Å². The van der Waals surface area contributed by atoms with Gasteiger partial charge in [-0.3, -0.25) is 4.79 Å². The van der Waals surface area contributed by atoms with Crippen molar-refractivity contribution in [1.29, 1.82) is 0 Å². The minimum atomic E-state index is -0.558. The van der Waals surface area contributed by atoms with Gasteiger partial charge in [0.05, 0.1) is 0 Å². The van der Waals surface area contributed by atoms with Gasteiger partial charge in [0.1, 0.15) is 11.6 Å². The Morgan fingerprint density at radius 3 is 2.24 bits per heavy atom. The fraction of sp³-hybridized carbons (Fsp3) is 0.875. The molecule has 1 fully saturated rings. The first-order valence-electron chi connectivity index (χ1n) is 7.92. The van der Waals surface area contributed by atoms with Crippen molar-refractivity contribution in [3.8, 4) is 0 Å². The van der Waals surface area contributed by atoms with E-state index in [1.165, 1.54) is 12.8 Å². The predicted molar refractivity (Wildman–Crippen MR) is 83.0 cm³/mol. The second-order valence-electron chi connectivity index (χ2n) is 7.17. The van der Waals surface area contributed by atoms with Crippen LogP contribution < -0.4 is 10.6 Å². The molecule has 1 saturated carbocycles. The normalized spacial score (nSPS) is 24.0. The summed E-state index contributed by atoms with van der Waals surface area (Å²) in [6.07, 6.45) is 4.83. The lowest BCUT2D eigenvalue weighted by molar-refractivity contribution is -0.123. The molecule has 1 rings (SSSR count). The molecule has 0 radical (unpaired) electrons. The van der Waals surface area contributed by atoms with Crippen LogP contribution in [0.2, 0.25) is 0 Å². The summed E-state index contributed by atoms with van der Waals surface area (Å²) in [6, 6.07) is -0.511. The van der Waals surface area contributed by atoms with Crippen molar-refractivity contribution in [2.75, 3.05) is 7.05 Å². The molecule has 0 unspecified atom stereocenters. The second kappa shape index (κ2) is 7.66. The molecule has 1 aliphatic carbocycles. The lowest BCUT2D eigenvalue weighted by Crippen LogP contribution is -2.48. The Bertz CT molecular complexity index is 355. The molecular weight excluding hydrogens is 268 g/mol. The van der Waals surface area contributed by atoms with E-state index in [-0.39, 0.29) is 5.91 Å². The molecule has 21 heavy (non-hydrogen) atoms. The fourth-order valence-corrected chi connectivity index (χ4v) is 2.75. The number of amides is 2. The summed E-state index contributed by atoms with van der Waals surface area (Å²) in [5.41, 5.74) is -0.558. The summed E-state index contributed by atoms with van der Waals surface area (Å²) in [5.74, 6) is 1.12. The highest BCUT2D eigenvalue weighted by atomic mass is 16.6. The van der Waals surface area contributed by atoms with Crippen LogP contribution in [-0.2, 0) is 9.53 Å². The quantitative estimate of drug-likeness (QED) is 0.838. The molecule has 0 saturated heterocycles. The topological polar surface area (TPSA) is 67.4 Å². The maximum absolute atomic E-state index is 12.0. The van der Waals surface area contributed by atoms with Crippen molar-refractivity contribution >= 4 is 12.0 Å². The van der Waals surface area contributed by atoms with Crippen LogP contribution in [0, 0.1) is 11.8 Å². The van der Waals surface area contributed by atoms with E-state index in [0.29, 0.717) is 12.3 Å². The molecule has 5 heteroatoms. The largest absolute Gasteiger partial charge is 0.444 e. The van der Waals surface area contributed by atoms with E-state index in [4.69, 9.17) is 4.74 Å². The molecule has 0 aromatic carbocycles. The summed E-state index contributed by atoms with van der Waals surface area (Å²) in [5, 5.41) is 5.33. The molecule has 0 aromatic heterocycles. The SMILES string of the molecule is CNC(=O)[C@H](CC1CCC(C)CC1)NC(=O)OC(C)(C)C. The number of carbonyl (C=O) groups is 2. The highest BCUT2D eigenvalue weighted by Gasteiger charge is 2.28. The third kappa shape index (κ3) is 6.82. The molecule has 0 aromatic rings. The van der Waals surface area contributed by atoms with Crippen LogP contribution in [-0.4, -0.2) is 30.7 Å². The zero-order valence-corrected chi connectivity index (χ0v) is 14.0. The molecule has 0 heterocycles. The van der Waals surface area contributed by atoms with Gasteiger partial charge in [-0.2, -0.15) is 0 Å². The molecule has 0 aliphatic heterocycles. The minimum Gasteiger partial charge on any atom is -0.444 e. The van der Waals surface area contributed by atoms with Gasteiger partial charge in [0.15, 0.2) is 0 Å². The summed E-state index contributed by atoms with van der Waals surface area (Å²) < 4.78 is 5.24. The van der Waals surface area contributed by atoms with E-state index in [0.717, 1.165) is 18.8 Å². The van der Waals surface area contributed by atoms with Crippen LogP contribution in [0.25, 0.3) is 0 Å². The van der Waals surface area contributed by atoms with Gasteiger partial charge in [-0.25, -0.2) is 4.79 Å². The van der Waals surface area contributed by atoms with Gasteiger partial charge >= 0.3 is 6.09 Å². The average Bonchev–Trinajstić information content (AvgIpc) is 2.37. The van der Waals surface area contributed by atoms with E-state index in [2.05, 4.69) is 17.6 Å². The van der Waals surface area contributed by atoms with Gasteiger partial charge < -0.3 is 15.4 Å². The summed E-state index contributed by atoms with van der Waals surface area (Å²) in [7, 11) is 1.59. The minimum absolute atomic E-state index is 0.153. The Kier molecular flexibility index (Phi) is 6.49. The number of hydrogen-bond acceptors (Lipinski definition) is 3. The fourth-order valence-electron chi connectivity index (χ4n) is 2.75. The van der Waals surface area contributed by atoms with Crippen LogP contribution >= 0.6 is 0 Å². The van der Waals surface area contributed by atoms with Crippen molar-refractivity contribution < 1.29 is 14.3 Å². The van der Waals surface area contributed by atoms with Crippen molar-refractivity contribution in [1.82, 2.24) is 10.6 Å². The van der Waals surface area contributed by atoms with Gasteiger partial charge in [-0.15, -0.1) is 0 Å². The number of rotatable bonds is 4. The number of likely N-dealkylation sites (N-methyl/N-ethyl adjacent to an activating group) is 1. The average molecular weight is 298 g/mol. The van der Waals surface area contributed by atoms with Gasteiger partial charge in [-0.05, 0) is 39.0 Å². The molecule has 1 atom stereocenters. The van der Waals surface area contributed by atoms with E-state index in [9.17, 15) is 9.59 Å². The third-order valence-corrected chi connectivity index (χ3v) is 3.96. The van der Waals surface area contributed by atoms with Crippen LogP contribution in [0.1, 0.15) is 59.8 Å². The van der Waals surface area contributed by atoms with Crippen LogP contribution in [0.15, 0.2) is 0 Å². The van der Waals surface area contributed by atoms with Crippen molar-refractivity contribution in [3.63, 3.8) is 0 Å². The molecule has 2 N–H and O–H groups in total. The van der Waals surface area contributed by atoms with E-state index < -0.39 is 17.7 Å². The molecule has 0 bridgehead atoms. The third-order valence-electron chi connectivity index (χ3n) is 3.96. The predicted octanol–water partition coefficient (Wildman–Crippen LogP) is 2.84. The second-order valence-corrected chi connectivity index (χ2v) is 7.17. The molecule has 122 valence electrons. The summed E-state index contributed by atoms with van der Waals surface area (Å²) in [4.78, 5) is 23.8. The zero-order chi connectivity index (χ0) is 16.0. The molecule has 0 spiro atoms. The van der Waals surface area contributed by atoms with Gasteiger partial charge in [0.25, 0.3) is 0 Å². The summed E-state index contributed by atoms with van der Waals surface area (Å²) in [6.45, 7) is 7.70. The van der Waals surface area contributed by atoms with E-state index in [1.807, 2.05) is 20.8 Å². The Balaban J connectivity index is 2.55. The lowest BCUT2D eigenvalue weighted by atomic mass is 9.80. The Hall–Kier alpha value is -1.26. The number of nitrogens with one attached hydrogen (secondary N) is 2. The maximum Gasteiger partial charge on any atom is 0.408 e. The number of ether oxygens (including phenoxy) is 1. The number of carbonyl (C=O) groups excluding carboxylic acids is 2. The van der Waals surface area contributed by atoms with E-state index in [1.54, 1.807) is 7.05 Å². The summed E-state index contributed by atoms with van der Waals surface area (Å²) >= 11 is 0. The highest BCUT2D eigenvalue weighted by Crippen LogP contribution is 2.31. The van der Waals surface area contributed by atoms with E-state index >= 15 is 0 Å². The highest BCUT2D eigenvalue weighted by molar-refractivity contribution is 5.85. The zero-order valence-electron chi connectivity index (χ0n) is 14.0. The van der Waals surface area contributed by atoms with Gasteiger partial charge in [0, 0.05) is 7.05 Å². The Morgan fingerprint density at radius 2 is 1.76 bits per heavy atom. The molecule has 2 amide bonds. The Labute approximate surface area is 128 Å². The standard InChI is InChI=1S/C16H30N2O3/c1-11-6-8-12(9-7-11)10-13(14(19)17-5)18-15(20)21-16(2,3)4/h11-13H,6-10H2,1-5H3,(H,17,19)(H,18,20)/t11?,12?,13-/m0/s1. The van der Waals surface area contributed by atoms with Crippen molar-refractivity contribution in [2.24, 2.45) is 11.8 Å². The first kappa shape index (κ1) is 17.8.